The highest BCUT2D eigenvalue weighted by Crippen LogP contribution is 2.31. The molecule has 20 heavy (non-hydrogen) atoms. The maximum atomic E-state index is 12.2. The molecule has 1 unspecified atom stereocenters. The fourth-order valence-corrected chi connectivity index (χ4v) is 5.19. The maximum Gasteiger partial charge on any atom is 0.242 e. The number of thiophene rings is 1. The second kappa shape index (κ2) is 7.86. The van der Waals surface area contributed by atoms with E-state index in [2.05, 4.69) is 39.4 Å². The van der Waals surface area contributed by atoms with Gasteiger partial charge in [0, 0.05) is 24.0 Å². The normalized spacial score (nSPS) is 13.9. The molecule has 0 saturated carbocycles. The predicted octanol–water partition coefficient (Wildman–Crippen LogP) is 2.01. The highest BCUT2D eigenvalue weighted by atomic mass is 79.9. The van der Waals surface area contributed by atoms with Gasteiger partial charge in [0.15, 0.2) is 0 Å². The minimum atomic E-state index is -3.53. The lowest BCUT2D eigenvalue weighted by molar-refractivity contribution is 0.256. The molecule has 0 aliphatic rings. The molecule has 0 amide bonds. The third kappa shape index (κ3) is 4.78. The first-order chi connectivity index (χ1) is 9.31. The molecule has 1 rings (SSSR count). The molecule has 116 valence electrons. The fourth-order valence-electron chi connectivity index (χ4n) is 1.63. The number of aliphatic hydroxyl groups excluding tert-OH is 1. The highest BCUT2D eigenvalue weighted by Gasteiger charge is 2.20. The second-order valence-corrected chi connectivity index (χ2v) is 8.83. The monoisotopic (exact) mass is 384 g/mol. The van der Waals surface area contributed by atoms with Gasteiger partial charge in [0.25, 0.3) is 0 Å². The average Bonchev–Trinajstić information content (AvgIpc) is 2.79. The zero-order chi connectivity index (χ0) is 15.3. The summed E-state index contributed by atoms with van der Waals surface area (Å²) in [7, 11) is -1.55. The molecule has 0 radical (unpaired) electrons. The number of nitrogens with one attached hydrogen (secondary N) is 1. The molecule has 0 aliphatic heterocycles. The van der Waals surface area contributed by atoms with Gasteiger partial charge in [0.05, 0.1) is 10.4 Å². The van der Waals surface area contributed by atoms with Crippen LogP contribution in [-0.2, 0) is 16.6 Å². The lowest BCUT2D eigenvalue weighted by Gasteiger charge is -2.23. The Morgan fingerprint density at radius 3 is 2.70 bits per heavy atom. The molecule has 0 spiro atoms. The van der Waals surface area contributed by atoms with Crippen LogP contribution in [0.3, 0.4) is 0 Å². The van der Waals surface area contributed by atoms with Gasteiger partial charge in [-0.25, -0.2) is 13.1 Å². The second-order valence-electron chi connectivity index (χ2n) is 4.64. The van der Waals surface area contributed by atoms with Crippen LogP contribution in [0.25, 0.3) is 0 Å². The predicted molar refractivity (Wildman–Crippen MR) is 85.5 cm³/mol. The van der Waals surface area contributed by atoms with Crippen LogP contribution in [0.5, 0.6) is 0 Å². The molecule has 0 aliphatic carbocycles. The summed E-state index contributed by atoms with van der Waals surface area (Å²) in [5.41, 5.74) is 0. The van der Waals surface area contributed by atoms with Crippen LogP contribution in [0, 0.1) is 0 Å². The Labute approximate surface area is 133 Å². The number of hydrogen-bond donors (Lipinski definition) is 2. The number of aliphatic hydroxyl groups is 1. The first-order valence-corrected chi connectivity index (χ1v) is 9.50. The molecule has 1 aromatic heterocycles. The van der Waals surface area contributed by atoms with Crippen molar-refractivity contribution in [3.63, 3.8) is 0 Å². The molecule has 2 N–H and O–H groups in total. The third-order valence-corrected chi connectivity index (χ3v) is 6.95. The zero-order valence-electron chi connectivity index (χ0n) is 11.9. The van der Waals surface area contributed by atoms with E-state index < -0.39 is 10.0 Å². The summed E-state index contributed by atoms with van der Waals surface area (Å²) in [6, 6.07) is 1.92. The van der Waals surface area contributed by atoms with Gasteiger partial charge in [-0.2, -0.15) is 0 Å². The van der Waals surface area contributed by atoms with Crippen LogP contribution in [0.4, 0.5) is 0 Å². The van der Waals surface area contributed by atoms with Crippen LogP contribution in [0.2, 0.25) is 0 Å². The largest absolute Gasteiger partial charge is 0.391 e. The smallest absolute Gasteiger partial charge is 0.242 e. The maximum absolute atomic E-state index is 12.2. The van der Waals surface area contributed by atoms with Crippen molar-refractivity contribution in [2.24, 2.45) is 0 Å². The van der Waals surface area contributed by atoms with Gasteiger partial charge >= 0.3 is 0 Å². The van der Waals surface area contributed by atoms with Gasteiger partial charge in [-0.05, 0) is 42.4 Å². The average molecular weight is 385 g/mol. The molecule has 0 fully saturated rings. The molecule has 5 nitrogen and oxygen atoms in total. The Morgan fingerprint density at radius 1 is 1.55 bits per heavy atom. The van der Waals surface area contributed by atoms with Crippen LogP contribution < -0.4 is 4.72 Å². The molecule has 1 heterocycles. The van der Waals surface area contributed by atoms with Crippen molar-refractivity contribution in [3.8, 4) is 0 Å². The number of likely N-dealkylation sites (N-methyl/N-ethyl adjacent to an activating group) is 1. The van der Waals surface area contributed by atoms with Crippen LogP contribution in [0.1, 0.15) is 25.1 Å². The Kier molecular flexibility index (Phi) is 7.10. The topological polar surface area (TPSA) is 69.6 Å². The van der Waals surface area contributed by atoms with Crippen LogP contribution >= 0.6 is 27.3 Å². The van der Waals surface area contributed by atoms with Crippen molar-refractivity contribution in [2.45, 2.75) is 37.8 Å². The highest BCUT2D eigenvalue weighted by molar-refractivity contribution is 9.11. The van der Waals surface area contributed by atoms with E-state index in [9.17, 15) is 8.42 Å². The quantitative estimate of drug-likeness (QED) is 0.718. The van der Waals surface area contributed by atoms with E-state index in [0.717, 1.165) is 6.42 Å². The molecular weight excluding hydrogens is 364 g/mol. The molecule has 0 bridgehead atoms. The lowest BCUT2D eigenvalue weighted by atomic mass is 10.2. The zero-order valence-corrected chi connectivity index (χ0v) is 15.1. The molecule has 8 heteroatoms. The Balaban J connectivity index is 2.64. The minimum absolute atomic E-state index is 0.157. The van der Waals surface area contributed by atoms with E-state index in [-0.39, 0.29) is 11.5 Å². The summed E-state index contributed by atoms with van der Waals surface area (Å²) in [6.07, 6.45) is 1.03. The van der Waals surface area contributed by atoms with E-state index in [1.165, 1.54) is 17.4 Å². The van der Waals surface area contributed by atoms with E-state index in [0.29, 0.717) is 27.8 Å². The first kappa shape index (κ1) is 18.1. The van der Waals surface area contributed by atoms with Crippen molar-refractivity contribution in [2.75, 3.05) is 20.1 Å². The lowest BCUT2D eigenvalue weighted by Crippen LogP contribution is -2.37. The molecule has 0 aromatic carbocycles. The van der Waals surface area contributed by atoms with Crippen molar-refractivity contribution in [1.82, 2.24) is 9.62 Å². The Hall–Kier alpha value is 0.01000. The Morgan fingerprint density at radius 2 is 2.20 bits per heavy atom. The van der Waals surface area contributed by atoms with Gasteiger partial charge in [0.2, 0.25) is 10.0 Å². The van der Waals surface area contributed by atoms with E-state index in [1.54, 1.807) is 0 Å². The summed E-state index contributed by atoms with van der Waals surface area (Å²) in [5.74, 6) is 0. The summed E-state index contributed by atoms with van der Waals surface area (Å²) in [6.45, 7) is 5.07. The number of sulfonamides is 1. The van der Waals surface area contributed by atoms with E-state index >= 15 is 0 Å². The number of nitrogens with zero attached hydrogens (tertiary/aromatic N) is 1. The third-order valence-electron chi connectivity index (χ3n) is 3.25. The van der Waals surface area contributed by atoms with Crippen molar-refractivity contribution in [1.29, 1.82) is 0 Å². The van der Waals surface area contributed by atoms with E-state index in [4.69, 9.17) is 5.11 Å². The molecule has 0 saturated heterocycles. The van der Waals surface area contributed by atoms with Gasteiger partial charge in [0.1, 0.15) is 4.90 Å². The minimum Gasteiger partial charge on any atom is -0.391 e. The summed E-state index contributed by atoms with van der Waals surface area (Å²) in [4.78, 5) is 2.93. The van der Waals surface area contributed by atoms with Crippen molar-refractivity contribution < 1.29 is 13.5 Å². The number of hydrogen-bond acceptors (Lipinski definition) is 5. The SMILES string of the molecule is CCC(C)N(C)CCNS(=O)(=O)c1cc(CO)sc1Br. The Bertz CT molecular complexity index is 531. The standard InChI is InChI=1S/C12H21BrN2O3S2/c1-4-9(2)15(3)6-5-14-20(17,18)11-7-10(8-16)19-12(11)13/h7,9,14,16H,4-6,8H2,1-3H3. The number of halogens is 1. The molecule has 1 aromatic rings. The van der Waals surface area contributed by atoms with Gasteiger partial charge < -0.3 is 10.0 Å². The first-order valence-electron chi connectivity index (χ1n) is 6.40. The van der Waals surface area contributed by atoms with Crippen LogP contribution in [0.15, 0.2) is 14.7 Å². The van der Waals surface area contributed by atoms with Gasteiger partial charge in [-0.1, -0.05) is 6.92 Å². The summed E-state index contributed by atoms with van der Waals surface area (Å²) < 4.78 is 27.4. The van der Waals surface area contributed by atoms with Crippen molar-refractivity contribution >= 4 is 37.3 Å². The van der Waals surface area contributed by atoms with Crippen molar-refractivity contribution in [3.05, 3.63) is 14.7 Å². The summed E-state index contributed by atoms with van der Waals surface area (Å²) in [5, 5.41) is 9.05. The fraction of sp³-hybridized carbons (Fsp3) is 0.667. The van der Waals surface area contributed by atoms with Crippen LogP contribution in [-0.4, -0.2) is 44.6 Å². The van der Waals surface area contributed by atoms with Gasteiger partial charge in [-0.3, -0.25) is 0 Å². The number of rotatable bonds is 8. The van der Waals surface area contributed by atoms with E-state index in [1.807, 2.05) is 7.05 Å². The summed E-state index contributed by atoms with van der Waals surface area (Å²) >= 11 is 4.45. The molecular formula is C12H21BrN2O3S2. The molecule has 1 atom stereocenters. The van der Waals surface area contributed by atoms with Gasteiger partial charge in [-0.15, -0.1) is 11.3 Å².